The summed E-state index contributed by atoms with van der Waals surface area (Å²) < 4.78 is 7.00. The Balaban J connectivity index is 1.30. The van der Waals surface area contributed by atoms with Crippen molar-refractivity contribution < 1.29 is 9.53 Å². The highest BCUT2D eigenvalue weighted by molar-refractivity contribution is 7.13. The normalized spacial score (nSPS) is 15.3. The predicted molar refractivity (Wildman–Crippen MR) is 116 cm³/mol. The van der Waals surface area contributed by atoms with E-state index in [1.165, 1.54) is 5.69 Å². The van der Waals surface area contributed by atoms with Gasteiger partial charge in [-0.15, -0.1) is 11.3 Å². The van der Waals surface area contributed by atoms with Crippen LogP contribution in [-0.4, -0.2) is 56.8 Å². The highest BCUT2D eigenvalue weighted by Crippen LogP contribution is 2.27. The molecule has 1 fully saturated rings. The van der Waals surface area contributed by atoms with E-state index in [4.69, 9.17) is 4.74 Å². The molecule has 0 radical (unpaired) electrons. The second-order valence-electron chi connectivity index (χ2n) is 7.52. The van der Waals surface area contributed by atoms with E-state index >= 15 is 0 Å². The third-order valence-electron chi connectivity index (χ3n) is 5.47. The van der Waals surface area contributed by atoms with Crippen molar-refractivity contribution in [1.82, 2.24) is 30.0 Å². The Kier molecular flexibility index (Phi) is 6.10. The van der Waals surface area contributed by atoms with Crippen LogP contribution in [0.2, 0.25) is 0 Å². The number of hydrogen-bond acceptors (Lipinski definition) is 7. The van der Waals surface area contributed by atoms with Crippen LogP contribution < -0.4 is 10.1 Å². The number of likely N-dealkylation sites (tertiary alicyclic amines) is 1. The van der Waals surface area contributed by atoms with Crippen molar-refractivity contribution in [2.45, 2.75) is 32.4 Å². The van der Waals surface area contributed by atoms with E-state index in [2.05, 4.69) is 31.3 Å². The number of ether oxygens (including phenoxy) is 1. The lowest BCUT2D eigenvalue weighted by atomic mass is 10.0. The van der Waals surface area contributed by atoms with Gasteiger partial charge in [-0.05, 0) is 31.9 Å². The van der Waals surface area contributed by atoms with Gasteiger partial charge in [-0.2, -0.15) is 5.10 Å². The number of aryl methyl sites for hydroxylation is 2. The second kappa shape index (κ2) is 8.93. The van der Waals surface area contributed by atoms with Crippen LogP contribution in [0.5, 0.6) is 5.88 Å². The Morgan fingerprint density at radius 2 is 2.10 bits per heavy atom. The Hall–Kier alpha value is -2.78. The molecule has 4 rings (SSSR count). The first-order chi connectivity index (χ1) is 14.5. The van der Waals surface area contributed by atoms with Crippen molar-refractivity contribution >= 4 is 17.2 Å². The van der Waals surface area contributed by atoms with Crippen LogP contribution in [0.25, 0.3) is 10.6 Å². The first-order valence-electron chi connectivity index (χ1n) is 10.00. The molecule has 0 aromatic carbocycles. The third kappa shape index (κ3) is 4.52. The zero-order chi connectivity index (χ0) is 21.1. The summed E-state index contributed by atoms with van der Waals surface area (Å²) in [5.74, 6) is 0.420. The number of carbonyl (C=O) groups excluding carboxylic acids is 1. The van der Waals surface area contributed by atoms with Gasteiger partial charge in [0.25, 0.3) is 5.91 Å². The van der Waals surface area contributed by atoms with Crippen LogP contribution in [0, 0.1) is 6.92 Å². The lowest BCUT2D eigenvalue weighted by molar-refractivity contribution is 0.0907. The van der Waals surface area contributed by atoms with Gasteiger partial charge in [-0.25, -0.2) is 9.97 Å². The number of methoxy groups -OCH3 is 1. The zero-order valence-corrected chi connectivity index (χ0v) is 18.3. The maximum atomic E-state index is 12.5. The molecule has 30 heavy (non-hydrogen) atoms. The van der Waals surface area contributed by atoms with Crippen LogP contribution in [0.4, 0.5) is 0 Å². The molecular formula is C21H26N6O2S. The number of carbonyl (C=O) groups is 1. The smallest absolute Gasteiger partial charge is 0.253 e. The third-order valence-corrected chi connectivity index (χ3v) is 6.42. The highest BCUT2D eigenvalue weighted by atomic mass is 32.1. The van der Waals surface area contributed by atoms with Gasteiger partial charge in [0.1, 0.15) is 5.69 Å². The molecule has 0 atom stereocenters. The zero-order valence-electron chi connectivity index (χ0n) is 17.5. The fourth-order valence-corrected chi connectivity index (χ4v) is 4.44. The van der Waals surface area contributed by atoms with Crippen molar-refractivity contribution in [3.8, 4) is 16.5 Å². The lowest BCUT2D eigenvalue weighted by Crippen LogP contribution is -2.44. The van der Waals surface area contributed by atoms with E-state index < -0.39 is 0 Å². The number of pyridine rings is 1. The van der Waals surface area contributed by atoms with Crippen LogP contribution in [0.15, 0.2) is 29.9 Å². The molecule has 158 valence electrons. The number of piperidine rings is 1. The largest absolute Gasteiger partial charge is 0.481 e. The molecular weight excluding hydrogens is 400 g/mol. The summed E-state index contributed by atoms with van der Waals surface area (Å²) in [4.78, 5) is 24.4. The summed E-state index contributed by atoms with van der Waals surface area (Å²) in [5, 5.41) is 7.80. The van der Waals surface area contributed by atoms with Gasteiger partial charge in [-0.3, -0.25) is 14.4 Å². The molecule has 0 aliphatic carbocycles. The molecule has 0 bridgehead atoms. The summed E-state index contributed by atoms with van der Waals surface area (Å²) in [6, 6.07) is 5.78. The van der Waals surface area contributed by atoms with Gasteiger partial charge in [0.05, 0.1) is 34.4 Å². The number of nitrogens with zero attached hydrogens (tertiary/aromatic N) is 5. The van der Waals surface area contributed by atoms with Crippen molar-refractivity contribution in [2.75, 3.05) is 20.2 Å². The lowest BCUT2D eigenvalue weighted by Gasteiger charge is -2.32. The summed E-state index contributed by atoms with van der Waals surface area (Å²) in [6.07, 6.45) is 3.40. The quantitative estimate of drug-likeness (QED) is 0.652. The molecule has 1 aliphatic rings. The molecule has 3 aromatic rings. The van der Waals surface area contributed by atoms with Gasteiger partial charge in [0, 0.05) is 45.0 Å². The molecule has 1 amide bonds. The van der Waals surface area contributed by atoms with Crippen LogP contribution in [0.3, 0.4) is 0 Å². The summed E-state index contributed by atoms with van der Waals surface area (Å²) in [6.45, 7) is 4.74. The molecule has 9 heteroatoms. The van der Waals surface area contributed by atoms with Crippen molar-refractivity contribution in [3.63, 3.8) is 0 Å². The fourth-order valence-electron chi connectivity index (χ4n) is 3.68. The molecule has 0 unspecified atom stereocenters. The van der Waals surface area contributed by atoms with Crippen LogP contribution in [-0.2, 0) is 13.6 Å². The van der Waals surface area contributed by atoms with E-state index in [9.17, 15) is 4.79 Å². The van der Waals surface area contributed by atoms with Gasteiger partial charge < -0.3 is 10.1 Å². The van der Waals surface area contributed by atoms with E-state index in [0.717, 1.165) is 48.7 Å². The number of hydrogen-bond donors (Lipinski definition) is 1. The van der Waals surface area contributed by atoms with Gasteiger partial charge >= 0.3 is 0 Å². The first-order valence-corrected chi connectivity index (χ1v) is 10.9. The van der Waals surface area contributed by atoms with E-state index in [1.54, 1.807) is 36.8 Å². The van der Waals surface area contributed by atoms with Crippen molar-refractivity contribution in [2.24, 2.45) is 7.05 Å². The monoisotopic (exact) mass is 426 g/mol. The van der Waals surface area contributed by atoms with E-state index in [-0.39, 0.29) is 11.9 Å². The summed E-state index contributed by atoms with van der Waals surface area (Å²) >= 11 is 1.62. The number of aromatic nitrogens is 4. The SMILES string of the molecule is COc1ccc(C(=O)NC2CCN(Cc3cc(-c4scnc4C)nn3C)CC2)cn1. The molecule has 0 spiro atoms. The van der Waals surface area contributed by atoms with Crippen LogP contribution >= 0.6 is 11.3 Å². The van der Waals surface area contributed by atoms with Gasteiger partial charge in [0.15, 0.2) is 0 Å². The number of rotatable bonds is 6. The molecule has 1 saturated heterocycles. The van der Waals surface area contributed by atoms with Crippen molar-refractivity contribution in [3.05, 3.63) is 46.9 Å². The molecule has 1 aliphatic heterocycles. The summed E-state index contributed by atoms with van der Waals surface area (Å²) in [5.41, 5.74) is 5.61. The minimum absolute atomic E-state index is 0.0835. The molecule has 3 aromatic heterocycles. The molecule has 8 nitrogen and oxygen atoms in total. The van der Waals surface area contributed by atoms with E-state index in [0.29, 0.717) is 11.4 Å². The van der Waals surface area contributed by atoms with Gasteiger partial charge in [0.2, 0.25) is 5.88 Å². The second-order valence-corrected chi connectivity index (χ2v) is 8.38. The fraction of sp³-hybridized carbons (Fsp3) is 0.429. The minimum atomic E-state index is -0.0835. The average molecular weight is 427 g/mol. The first kappa shape index (κ1) is 20.5. The Bertz CT molecular complexity index is 1000. The maximum absolute atomic E-state index is 12.5. The highest BCUT2D eigenvalue weighted by Gasteiger charge is 2.22. The Labute approximate surface area is 179 Å². The topological polar surface area (TPSA) is 85.2 Å². The predicted octanol–water partition coefficient (Wildman–Crippen LogP) is 2.65. The summed E-state index contributed by atoms with van der Waals surface area (Å²) in [7, 11) is 3.55. The Morgan fingerprint density at radius 3 is 2.73 bits per heavy atom. The maximum Gasteiger partial charge on any atom is 0.253 e. The number of thiazole rings is 1. The standard InChI is InChI=1S/C21H26N6O2S/c1-14-20(30-13-23-14)18-10-17(26(2)25-18)12-27-8-6-16(7-9-27)24-21(28)15-4-5-19(29-3)22-11-15/h4-5,10-11,13,16H,6-9,12H2,1-3H3,(H,24,28). The molecule has 1 N–H and O–H groups in total. The van der Waals surface area contributed by atoms with E-state index in [1.807, 2.05) is 24.2 Å². The van der Waals surface area contributed by atoms with Gasteiger partial charge in [-0.1, -0.05) is 0 Å². The molecule has 0 saturated carbocycles. The average Bonchev–Trinajstić information content (AvgIpc) is 3.34. The Morgan fingerprint density at radius 1 is 1.30 bits per heavy atom. The number of nitrogens with one attached hydrogen (secondary N) is 1. The number of amides is 1. The van der Waals surface area contributed by atoms with Crippen LogP contribution in [0.1, 0.15) is 34.6 Å². The molecule has 4 heterocycles. The minimum Gasteiger partial charge on any atom is -0.481 e. The van der Waals surface area contributed by atoms with Crippen molar-refractivity contribution in [1.29, 1.82) is 0 Å².